The molecule has 0 unspecified atom stereocenters. The Balaban J connectivity index is 1.87. The minimum atomic E-state index is -0.935. The average Bonchev–Trinajstić information content (AvgIpc) is 3.22. The van der Waals surface area contributed by atoms with Crippen molar-refractivity contribution in [1.82, 2.24) is 9.88 Å². The number of hydrogen-bond donors (Lipinski definition) is 1. The minimum absolute atomic E-state index is 0.0396. The molecule has 0 bridgehead atoms. The number of amides is 1. The fourth-order valence-electron chi connectivity index (χ4n) is 4.78. The van der Waals surface area contributed by atoms with Gasteiger partial charge < -0.3 is 29.0 Å². The van der Waals surface area contributed by atoms with Gasteiger partial charge in [-0.1, -0.05) is 19.4 Å². The summed E-state index contributed by atoms with van der Waals surface area (Å²) in [7, 11) is 4.47. The number of ether oxygens (including phenoxy) is 4. The van der Waals surface area contributed by atoms with E-state index < -0.39 is 17.7 Å². The smallest absolute Gasteiger partial charge is 0.295 e. The first-order valence-electron chi connectivity index (χ1n) is 13.1. The van der Waals surface area contributed by atoms with Crippen molar-refractivity contribution in [1.29, 1.82) is 0 Å². The van der Waals surface area contributed by atoms with Gasteiger partial charge in [0, 0.05) is 24.5 Å². The number of aliphatic hydroxyl groups excluding tert-OH is 1. The van der Waals surface area contributed by atoms with Gasteiger partial charge in [-0.3, -0.25) is 14.6 Å². The van der Waals surface area contributed by atoms with Crippen molar-refractivity contribution < 1.29 is 33.6 Å². The molecule has 4 rings (SSSR count). The summed E-state index contributed by atoms with van der Waals surface area (Å²) in [4.78, 5) is 32.5. The average molecular weight is 547 g/mol. The first kappa shape index (κ1) is 28.5. The molecule has 0 spiro atoms. The molecule has 1 aromatic heterocycles. The summed E-state index contributed by atoms with van der Waals surface area (Å²) in [5.41, 5.74) is 2.40. The van der Waals surface area contributed by atoms with E-state index in [0.29, 0.717) is 40.7 Å². The highest BCUT2D eigenvalue weighted by Crippen LogP contribution is 2.46. The number of benzene rings is 2. The van der Waals surface area contributed by atoms with Crippen LogP contribution in [0.3, 0.4) is 0 Å². The fourth-order valence-corrected chi connectivity index (χ4v) is 4.78. The van der Waals surface area contributed by atoms with Crippen LogP contribution in [0.4, 0.5) is 0 Å². The van der Waals surface area contributed by atoms with Crippen molar-refractivity contribution >= 4 is 17.4 Å². The van der Waals surface area contributed by atoms with E-state index in [2.05, 4.69) is 11.9 Å². The van der Waals surface area contributed by atoms with Crippen LogP contribution in [0.5, 0.6) is 23.0 Å². The van der Waals surface area contributed by atoms with Crippen molar-refractivity contribution in [2.24, 2.45) is 0 Å². The number of likely N-dealkylation sites (tertiary alicyclic amines) is 1. The van der Waals surface area contributed by atoms with Gasteiger partial charge >= 0.3 is 0 Å². The Kier molecular flexibility index (Phi) is 8.93. The number of unbranched alkanes of at least 4 members (excludes halogenated alkanes) is 1. The zero-order valence-corrected chi connectivity index (χ0v) is 23.4. The summed E-state index contributed by atoms with van der Waals surface area (Å²) in [6.07, 6.45) is 5.20. The van der Waals surface area contributed by atoms with Crippen LogP contribution in [-0.4, -0.2) is 54.6 Å². The third-order valence-electron chi connectivity index (χ3n) is 6.82. The van der Waals surface area contributed by atoms with Crippen LogP contribution in [0.2, 0.25) is 0 Å². The molecule has 0 saturated carbocycles. The lowest BCUT2D eigenvalue weighted by atomic mass is 9.94. The monoisotopic (exact) mass is 546 g/mol. The molecular formula is C31H34N2O7. The topological polar surface area (TPSA) is 107 Å². The summed E-state index contributed by atoms with van der Waals surface area (Å²) >= 11 is 0. The zero-order valence-electron chi connectivity index (χ0n) is 23.4. The third kappa shape index (κ3) is 5.59. The van der Waals surface area contributed by atoms with Crippen LogP contribution < -0.4 is 18.9 Å². The first-order chi connectivity index (χ1) is 19.3. The molecule has 40 heavy (non-hydrogen) atoms. The number of rotatable bonds is 11. The van der Waals surface area contributed by atoms with Crippen LogP contribution in [0.25, 0.3) is 5.76 Å². The Hall–Kier alpha value is -4.53. The van der Waals surface area contributed by atoms with E-state index in [1.54, 1.807) is 48.8 Å². The quantitative estimate of drug-likeness (QED) is 0.151. The molecule has 1 N–H and O–H groups in total. The highest BCUT2D eigenvalue weighted by Gasteiger charge is 2.46. The fraction of sp³-hybridized carbons (Fsp3) is 0.323. The van der Waals surface area contributed by atoms with Crippen LogP contribution >= 0.6 is 0 Å². The maximum absolute atomic E-state index is 13.5. The molecule has 9 heteroatoms. The van der Waals surface area contributed by atoms with Gasteiger partial charge in [0.25, 0.3) is 11.7 Å². The second-order valence-electron chi connectivity index (χ2n) is 9.43. The van der Waals surface area contributed by atoms with Gasteiger partial charge in [0.1, 0.15) is 11.5 Å². The number of aromatic nitrogens is 1. The predicted octanol–water partition coefficient (Wildman–Crippen LogP) is 5.22. The summed E-state index contributed by atoms with van der Waals surface area (Å²) in [5.74, 6) is -0.0348. The molecule has 2 heterocycles. The van der Waals surface area contributed by atoms with Gasteiger partial charge in [-0.2, -0.15) is 0 Å². The van der Waals surface area contributed by atoms with Gasteiger partial charge in [0.15, 0.2) is 11.5 Å². The van der Waals surface area contributed by atoms with Crippen LogP contribution in [0.15, 0.2) is 60.4 Å². The van der Waals surface area contributed by atoms with Crippen molar-refractivity contribution in [3.8, 4) is 23.0 Å². The number of pyridine rings is 1. The van der Waals surface area contributed by atoms with Gasteiger partial charge in [-0.25, -0.2) is 0 Å². The highest BCUT2D eigenvalue weighted by atomic mass is 16.5. The maximum atomic E-state index is 13.5. The van der Waals surface area contributed by atoms with Crippen molar-refractivity contribution in [3.63, 3.8) is 0 Å². The molecule has 3 aromatic rings. The lowest BCUT2D eigenvalue weighted by Gasteiger charge is -2.26. The van der Waals surface area contributed by atoms with Crippen LogP contribution in [0, 0.1) is 6.92 Å². The van der Waals surface area contributed by atoms with Gasteiger partial charge in [0.2, 0.25) is 5.75 Å². The number of carbonyl (C=O) groups excluding carboxylic acids is 2. The largest absolute Gasteiger partial charge is 0.507 e. The molecule has 9 nitrogen and oxygen atoms in total. The Morgan fingerprint density at radius 3 is 2.30 bits per heavy atom. The van der Waals surface area contributed by atoms with Crippen molar-refractivity contribution in [2.45, 2.75) is 39.3 Å². The normalized spacial score (nSPS) is 16.2. The molecule has 210 valence electrons. The second-order valence-corrected chi connectivity index (χ2v) is 9.43. The number of aliphatic hydroxyl groups is 1. The molecule has 0 radical (unpaired) electrons. The van der Waals surface area contributed by atoms with Crippen LogP contribution in [0.1, 0.15) is 48.1 Å². The molecule has 1 fully saturated rings. The number of Topliss-reactive ketones (excluding diaryl/α,β-unsaturated/α-hetero) is 1. The number of hydrogen-bond acceptors (Lipinski definition) is 8. The molecule has 1 aliphatic rings. The zero-order chi connectivity index (χ0) is 28.8. The Morgan fingerprint density at radius 2 is 1.73 bits per heavy atom. The second kappa shape index (κ2) is 12.5. The van der Waals surface area contributed by atoms with Crippen molar-refractivity contribution in [2.75, 3.05) is 27.9 Å². The predicted molar refractivity (Wildman–Crippen MR) is 150 cm³/mol. The number of ketones is 1. The Bertz CT molecular complexity index is 1390. The number of aryl methyl sites for hydroxylation is 1. The molecular weight excluding hydrogens is 512 g/mol. The van der Waals surface area contributed by atoms with Gasteiger partial charge in [-0.15, -0.1) is 0 Å². The summed E-state index contributed by atoms with van der Waals surface area (Å²) in [6.45, 7) is 4.64. The summed E-state index contributed by atoms with van der Waals surface area (Å²) in [5, 5.41) is 11.5. The number of methoxy groups -OCH3 is 3. The number of nitrogens with zero attached hydrogens (tertiary/aromatic N) is 2. The third-order valence-corrected chi connectivity index (χ3v) is 6.82. The van der Waals surface area contributed by atoms with E-state index in [1.807, 2.05) is 13.0 Å². The van der Waals surface area contributed by atoms with Crippen LogP contribution in [-0.2, 0) is 16.1 Å². The van der Waals surface area contributed by atoms with Gasteiger partial charge in [-0.05, 0) is 66.4 Å². The van der Waals surface area contributed by atoms with E-state index in [0.717, 1.165) is 24.0 Å². The van der Waals surface area contributed by atoms with E-state index in [4.69, 9.17) is 18.9 Å². The standard InChI is InChI=1S/C31H34N2O7/c1-6-7-13-40-23-11-10-21(14-19(23)2)28(34)26-27(22-15-24(37-3)30(39-5)25(16-22)38-4)33(31(36)29(26)35)18-20-9-8-12-32-17-20/h8-12,14-17,27,34H,6-7,13,18H2,1-5H3/t27-/m1/s1. The van der Waals surface area contributed by atoms with E-state index >= 15 is 0 Å². The summed E-state index contributed by atoms with van der Waals surface area (Å²) < 4.78 is 22.4. The molecule has 1 saturated heterocycles. The van der Waals surface area contributed by atoms with Gasteiger partial charge in [0.05, 0.1) is 39.6 Å². The first-order valence-corrected chi connectivity index (χ1v) is 13.1. The van der Waals surface area contributed by atoms with E-state index in [1.165, 1.54) is 26.2 Å². The highest BCUT2D eigenvalue weighted by molar-refractivity contribution is 6.46. The Morgan fingerprint density at radius 1 is 1.00 bits per heavy atom. The lowest BCUT2D eigenvalue weighted by molar-refractivity contribution is -0.140. The lowest BCUT2D eigenvalue weighted by Crippen LogP contribution is -2.29. The molecule has 1 amide bonds. The molecule has 0 aliphatic carbocycles. The number of carbonyl (C=O) groups is 2. The Labute approximate surface area is 234 Å². The van der Waals surface area contributed by atoms with E-state index in [-0.39, 0.29) is 17.9 Å². The molecule has 2 aromatic carbocycles. The van der Waals surface area contributed by atoms with E-state index in [9.17, 15) is 14.7 Å². The minimum Gasteiger partial charge on any atom is -0.507 e. The molecule has 1 aliphatic heterocycles. The van der Waals surface area contributed by atoms with Crippen molar-refractivity contribution in [3.05, 3.63) is 82.7 Å². The summed E-state index contributed by atoms with van der Waals surface area (Å²) in [6, 6.07) is 11.2. The molecule has 1 atom stereocenters. The maximum Gasteiger partial charge on any atom is 0.295 e. The SMILES string of the molecule is CCCCOc1ccc(C(O)=C2C(=O)C(=O)N(Cc3cccnc3)[C@@H]2c2cc(OC)c(OC)c(OC)c2)cc1C.